The van der Waals surface area contributed by atoms with Crippen molar-refractivity contribution in [3.05, 3.63) is 29.3 Å². The van der Waals surface area contributed by atoms with Gasteiger partial charge >= 0.3 is 0 Å². The average Bonchev–Trinajstić information content (AvgIpc) is 2.36. The van der Waals surface area contributed by atoms with E-state index in [1.54, 1.807) is 7.11 Å². The molecule has 0 radical (unpaired) electrons. The molecule has 0 aliphatic carbocycles. The first kappa shape index (κ1) is 14.5. The van der Waals surface area contributed by atoms with E-state index >= 15 is 0 Å². The maximum atomic E-state index is 12.0. The number of benzene rings is 1. The lowest BCUT2D eigenvalue weighted by molar-refractivity contribution is -0.122. The number of nitrogens with one attached hydrogen (secondary N) is 1. The van der Waals surface area contributed by atoms with E-state index in [4.69, 9.17) is 10.5 Å². The molecule has 0 saturated heterocycles. The van der Waals surface area contributed by atoms with Gasteiger partial charge in [0.05, 0.1) is 13.0 Å². The molecule has 1 rings (SSSR count). The number of rotatable bonds is 6. The Morgan fingerprint density at radius 1 is 1.50 bits per heavy atom. The van der Waals surface area contributed by atoms with E-state index in [2.05, 4.69) is 5.32 Å². The van der Waals surface area contributed by atoms with Crippen LogP contribution in [-0.4, -0.2) is 26.1 Å². The summed E-state index contributed by atoms with van der Waals surface area (Å²) in [5.41, 5.74) is 7.61. The van der Waals surface area contributed by atoms with Crippen LogP contribution in [0.15, 0.2) is 18.2 Å². The third-order valence-electron chi connectivity index (χ3n) is 2.94. The molecule has 0 aliphatic rings. The molecule has 1 atom stereocenters. The standard InChI is InChI=1S/C14H22N2O2/c1-4-16-14(17)12(7-8-15)11-5-6-13(18-3)10(2)9-11/h5-6,9,12H,4,7-8,15H2,1-3H3,(H,16,17). The summed E-state index contributed by atoms with van der Waals surface area (Å²) in [6.07, 6.45) is 0.650. The summed E-state index contributed by atoms with van der Waals surface area (Å²) in [5, 5.41) is 2.85. The number of carbonyl (C=O) groups excluding carboxylic acids is 1. The van der Waals surface area contributed by atoms with Crippen LogP contribution < -0.4 is 15.8 Å². The number of likely N-dealkylation sites (N-methyl/N-ethyl adjacent to an activating group) is 1. The van der Waals surface area contributed by atoms with Crippen LogP contribution in [0.25, 0.3) is 0 Å². The van der Waals surface area contributed by atoms with Crippen LogP contribution in [0.3, 0.4) is 0 Å². The van der Waals surface area contributed by atoms with Gasteiger partial charge in [-0.15, -0.1) is 0 Å². The summed E-state index contributed by atoms with van der Waals surface area (Å²) in [6.45, 7) is 5.01. The zero-order valence-corrected chi connectivity index (χ0v) is 11.3. The minimum Gasteiger partial charge on any atom is -0.496 e. The van der Waals surface area contributed by atoms with Crippen molar-refractivity contribution in [1.29, 1.82) is 0 Å². The van der Waals surface area contributed by atoms with Gasteiger partial charge in [-0.3, -0.25) is 4.79 Å². The average molecular weight is 250 g/mol. The maximum absolute atomic E-state index is 12.0. The number of amides is 1. The molecule has 100 valence electrons. The van der Waals surface area contributed by atoms with E-state index in [-0.39, 0.29) is 11.8 Å². The normalized spacial score (nSPS) is 12.0. The number of nitrogens with two attached hydrogens (primary N) is 1. The molecule has 4 heteroatoms. The van der Waals surface area contributed by atoms with E-state index in [1.807, 2.05) is 32.0 Å². The minimum atomic E-state index is -0.181. The molecule has 0 spiro atoms. The van der Waals surface area contributed by atoms with Crippen LogP contribution >= 0.6 is 0 Å². The molecule has 1 aromatic rings. The quantitative estimate of drug-likeness (QED) is 0.805. The molecule has 4 nitrogen and oxygen atoms in total. The third-order valence-corrected chi connectivity index (χ3v) is 2.94. The highest BCUT2D eigenvalue weighted by atomic mass is 16.5. The summed E-state index contributed by atoms with van der Waals surface area (Å²) in [6, 6.07) is 5.82. The largest absolute Gasteiger partial charge is 0.496 e. The lowest BCUT2D eigenvalue weighted by Crippen LogP contribution is -2.30. The topological polar surface area (TPSA) is 64.4 Å². The number of ether oxygens (including phenoxy) is 1. The van der Waals surface area contributed by atoms with Gasteiger partial charge in [-0.2, -0.15) is 0 Å². The van der Waals surface area contributed by atoms with Crippen molar-refractivity contribution in [3.8, 4) is 5.75 Å². The highest BCUT2D eigenvalue weighted by Crippen LogP contribution is 2.25. The van der Waals surface area contributed by atoms with Gasteiger partial charge in [0.25, 0.3) is 0 Å². The van der Waals surface area contributed by atoms with Crippen molar-refractivity contribution >= 4 is 5.91 Å². The van der Waals surface area contributed by atoms with Crippen LogP contribution in [-0.2, 0) is 4.79 Å². The van der Waals surface area contributed by atoms with Gasteiger partial charge in [0.2, 0.25) is 5.91 Å². The van der Waals surface area contributed by atoms with Crippen molar-refractivity contribution in [2.75, 3.05) is 20.2 Å². The fourth-order valence-corrected chi connectivity index (χ4v) is 2.03. The van der Waals surface area contributed by atoms with Crippen molar-refractivity contribution in [1.82, 2.24) is 5.32 Å². The van der Waals surface area contributed by atoms with Gasteiger partial charge in [-0.05, 0) is 44.0 Å². The molecule has 0 heterocycles. The van der Waals surface area contributed by atoms with Gasteiger partial charge < -0.3 is 15.8 Å². The molecule has 0 bridgehead atoms. The molecule has 0 fully saturated rings. The Kier molecular flexibility index (Phi) is 5.65. The van der Waals surface area contributed by atoms with Crippen molar-refractivity contribution in [2.24, 2.45) is 5.73 Å². The monoisotopic (exact) mass is 250 g/mol. The smallest absolute Gasteiger partial charge is 0.227 e. The third kappa shape index (κ3) is 3.47. The van der Waals surface area contributed by atoms with Gasteiger partial charge in [0, 0.05) is 6.54 Å². The Balaban J connectivity index is 2.98. The SMILES string of the molecule is CCNC(=O)C(CCN)c1ccc(OC)c(C)c1. The number of aryl methyl sites for hydroxylation is 1. The predicted molar refractivity (Wildman–Crippen MR) is 72.8 cm³/mol. The molecule has 1 unspecified atom stereocenters. The molecule has 3 N–H and O–H groups in total. The Hall–Kier alpha value is -1.55. The second-order valence-corrected chi connectivity index (χ2v) is 4.25. The number of methoxy groups -OCH3 is 1. The summed E-state index contributed by atoms with van der Waals surface area (Å²) in [7, 11) is 1.64. The molecular formula is C14H22N2O2. The number of hydrogen-bond donors (Lipinski definition) is 2. The molecule has 1 amide bonds. The Morgan fingerprint density at radius 3 is 2.72 bits per heavy atom. The first-order chi connectivity index (χ1) is 8.63. The van der Waals surface area contributed by atoms with Gasteiger partial charge in [-0.25, -0.2) is 0 Å². The summed E-state index contributed by atoms with van der Waals surface area (Å²) >= 11 is 0. The zero-order chi connectivity index (χ0) is 13.5. The Morgan fingerprint density at radius 2 is 2.22 bits per heavy atom. The van der Waals surface area contributed by atoms with Gasteiger partial charge in [-0.1, -0.05) is 12.1 Å². The lowest BCUT2D eigenvalue weighted by atomic mass is 9.93. The van der Waals surface area contributed by atoms with E-state index in [1.165, 1.54) is 0 Å². The highest BCUT2D eigenvalue weighted by Gasteiger charge is 2.19. The molecule has 0 saturated carbocycles. The number of hydrogen-bond acceptors (Lipinski definition) is 3. The Bertz CT molecular complexity index is 405. The molecule has 18 heavy (non-hydrogen) atoms. The van der Waals surface area contributed by atoms with Crippen molar-refractivity contribution in [2.45, 2.75) is 26.2 Å². The minimum absolute atomic E-state index is 0.0347. The maximum Gasteiger partial charge on any atom is 0.227 e. The fourth-order valence-electron chi connectivity index (χ4n) is 2.03. The molecule has 0 aliphatic heterocycles. The number of carbonyl (C=O) groups is 1. The van der Waals surface area contributed by atoms with E-state index in [0.717, 1.165) is 16.9 Å². The van der Waals surface area contributed by atoms with Crippen molar-refractivity contribution < 1.29 is 9.53 Å². The lowest BCUT2D eigenvalue weighted by Gasteiger charge is -2.17. The second-order valence-electron chi connectivity index (χ2n) is 4.25. The van der Waals surface area contributed by atoms with E-state index < -0.39 is 0 Å². The van der Waals surface area contributed by atoms with Crippen LogP contribution in [0.4, 0.5) is 0 Å². The highest BCUT2D eigenvalue weighted by molar-refractivity contribution is 5.83. The molecule has 1 aromatic carbocycles. The first-order valence-corrected chi connectivity index (χ1v) is 6.26. The summed E-state index contributed by atoms with van der Waals surface area (Å²) in [5.74, 6) is 0.688. The van der Waals surface area contributed by atoms with E-state index in [0.29, 0.717) is 19.5 Å². The van der Waals surface area contributed by atoms with E-state index in [9.17, 15) is 4.79 Å². The summed E-state index contributed by atoms with van der Waals surface area (Å²) in [4.78, 5) is 12.0. The summed E-state index contributed by atoms with van der Waals surface area (Å²) < 4.78 is 5.22. The van der Waals surface area contributed by atoms with Crippen LogP contribution in [0.1, 0.15) is 30.4 Å². The van der Waals surface area contributed by atoms with Gasteiger partial charge in [0.1, 0.15) is 5.75 Å². The Labute approximate surface area is 109 Å². The van der Waals surface area contributed by atoms with Crippen LogP contribution in [0, 0.1) is 6.92 Å². The zero-order valence-electron chi connectivity index (χ0n) is 11.3. The second kappa shape index (κ2) is 7.01. The van der Waals surface area contributed by atoms with Crippen molar-refractivity contribution in [3.63, 3.8) is 0 Å². The predicted octanol–water partition coefficient (Wildman–Crippen LogP) is 1.57. The van der Waals surface area contributed by atoms with Crippen LogP contribution in [0.5, 0.6) is 5.75 Å². The van der Waals surface area contributed by atoms with Gasteiger partial charge in [0.15, 0.2) is 0 Å². The first-order valence-electron chi connectivity index (χ1n) is 6.26. The molecule has 0 aromatic heterocycles. The van der Waals surface area contributed by atoms with Crippen LogP contribution in [0.2, 0.25) is 0 Å². The molecular weight excluding hydrogens is 228 g/mol. The fraction of sp³-hybridized carbons (Fsp3) is 0.500.